The van der Waals surface area contributed by atoms with E-state index in [1.807, 2.05) is 31.2 Å². The maximum Gasteiger partial charge on any atom is 0.237 e. The lowest BCUT2D eigenvalue weighted by Gasteiger charge is -2.26. The van der Waals surface area contributed by atoms with E-state index in [0.717, 1.165) is 5.75 Å². The van der Waals surface area contributed by atoms with E-state index in [2.05, 4.69) is 5.32 Å². The predicted octanol–water partition coefficient (Wildman–Crippen LogP) is 0.680. The van der Waals surface area contributed by atoms with Crippen molar-refractivity contribution in [1.82, 2.24) is 5.32 Å². The first-order valence-corrected chi connectivity index (χ1v) is 6.12. The number of para-hydroxylation sites is 2. The lowest BCUT2D eigenvalue weighted by molar-refractivity contribution is -0.122. The Morgan fingerprint density at radius 2 is 2.22 bits per heavy atom. The van der Waals surface area contributed by atoms with Crippen molar-refractivity contribution in [3.8, 4) is 11.5 Å². The van der Waals surface area contributed by atoms with Crippen molar-refractivity contribution < 1.29 is 14.3 Å². The monoisotopic (exact) mass is 250 g/mol. The molecular formula is C13H18N2O3. The molecule has 1 aliphatic heterocycles. The molecule has 0 bridgehead atoms. The third-order valence-electron chi connectivity index (χ3n) is 2.85. The Kier molecular flexibility index (Phi) is 4.04. The van der Waals surface area contributed by atoms with Gasteiger partial charge in [0, 0.05) is 0 Å². The molecule has 3 N–H and O–H groups in total. The van der Waals surface area contributed by atoms with Crippen LogP contribution in [0.2, 0.25) is 0 Å². The van der Waals surface area contributed by atoms with E-state index in [4.69, 9.17) is 15.2 Å². The van der Waals surface area contributed by atoms with Crippen molar-refractivity contribution in [2.75, 3.05) is 13.2 Å². The molecule has 2 atom stereocenters. The average Bonchev–Trinajstić information content (AvgIpc) is 2.43. The Morgan fingerprint density at radius 1 is 1.50 bits per heavy atom. The molecule has 5 heteroatoms. The molecule has 0 radical (unpaired) electrons. The van der Waals surface area contributed by atoms with Gasteiger partial charge >= 0.3 is 0 Å². The topological polar surface area (TPSA) is 73.6 Å². The van der Waals surface area contributed by atoms with Gasteiger partial charge in [-0.3, -0.25) is 4.79 Å². The molecule has 18 heavy (non-hydrogen) atoms. The van der Waals surface area contributed by atoms with E-state index in [1.165, 1.54) is 0 Å². The first-order chi connectivity index (χ1) is 8.70. The number of ether oxygens (including phenoxy) is 2. The van der Waals surface area contributed by atoms with Gasteiger partial charge in [0.25, 0.3) is 0 Å². The molecule has 1 aromatic carbocycles. The molecule has 5 nitrogen and oxygen atoms in total. The number of carbonyl (C=O) groups is 1. The Balaban J connectivity index is 1.85. The number of hydrogen-bond acceptors (Lipinski definition) is 4. The van der Waals surface area contributed by atoms with Crippen molar-refractivity contribution in [3.63, 3.8) is 0 Å². The lowest BCUT2D eigenvalue weighted by atomic mass is 10.2. The first-order valence-electron chi connectivity index (χ1n) is 6.12. The summed E-state index contributed by atoms with van der Waals surface area (Å²) in [6, 6.07) is 7.03. The number of fused-ring (bicyclic) bond motifs is 1. The van der Waals surface area contributed by atoms with Crippen molar-refractivity contribution in [2.45, 2.75) is 25.5 Å². The molecule has 1 aromatic rings. The van der Waals surface area contributed by atoms with Gasteiger partial charge in [0.05, 0.1) is 12.6 Å². The van der Waals surface area contributed by atoms with E-state index in [-0.39, 0.29) is 12.0 Å². The highest BCUT2D eigenvalue weighted by Gasteiger charge is 2.21. The predicted molar refractivity (Wildman–Crippen MR) is 67.6 cm³/mol. The second kappa shape index (κ2) is 5.73. The summed E-state index contributed by atoms with van der Waals surface area (Å²) in [6.45, 7) is 2.71. The fourth-order valence-corrected chi connectivity index (χ4v) is 1.69. The van der Waals surface area contributed by atoms with Crippen molar-refractivity contribution >= 4 is 5.91 Å². The zero-order valence-electron chi connectivity index (χ0n) is 10.4. The maximum atomic E-state index is 11.5. The van der Waals surface area contributed by atoms with Gasteiger partial charge in [-0.15, -0.1) is 0 Å². The summed E-state index contributed by atoms with van der Waals surface area (Å²) < 4.78 is 11.3. The third kappa shape index (κ3) is 2.92. The summed E-state index contributed by atoms with van der Waals surface area (Å²) in [7, 11) is 0. The normalized spacial score (nSPS) is 19.1. The van der Waals surface area contributed by atoms with Crippen LogP contribution >= 0.6 is 0 Å². The van der Waals surface area contributed by atoms with Gasteiger partial charge in [0.15, 0.2) is 11.5 Å². The molecule has 0 fully saturated rings. The highest BCUT2D eigenvalue weighted by atomic mass is 16.6. The van der Waals surface area contributed by atoms with Crippen LogP contribution < -0.4 is 20.5 Å². The standard InChI is InChI=1S/C13H18N2O3/c1-2-10(14)13(16)15-7-9-8-17-11-5-3-4-6-12(11)18-9/h3-6,9-10H,2,7-8,14H2,1H3,(H,15,16)/t9?,10-/m0/s1. The second-order valence-electron chi connectivity index (χ2n) is 4.26. The van der Waals surface area contributed by atoms with Gasteiger partial charge in [0.2, 0.25) is 5.91 Å². The molecule has 1 unspecified atom stereocenters. The van der Waals surface area contributed by atoms with Gasteiger partial charge in [0.1, 0.15) is 12.7 Å². The van der Waals surface area contributed by atoms with E-state index < -0.39 is 6.04 Å². The number of nitrogens with two attached hydrogens (primary N) is 1. The van der Waals surface area contributed by atoms with E-state index >= 15 is 0 Å². The summed E-state index contributed by atoms with van der Waals surface area (Å²) in [4.78, 5) is 11.5. The van der Waals surface area contributed by atoms with Crippen LogP contribution in [-0.4, -0.2) is 31.2 Å². The van der Waals surface area contributed by atoms with Crippen LogP contribution in [-0.2, 0) is 4.79 Å². The average molecular weight is 250 g/mol. The van der Waals surface area contributed by atoms with Crippen molar-refractivity contribution in [1.29, 1.82) is 0 Å². The molecule has 2 rings (SSSR count). The lowest BCUT2D eigenvalue weighted by Crippen LogP contribution is -2.46. The number of benzene rings is 1. The second-order valence-corrected chi connectivity index (χ2v) is 4.26. The van der Waals surface area contributed by atoms with E-state index in [0.29, 0.717) is 25.3 Å². The minimum absolute atomic E-state index is 0.153. The molecule has 0 aliphatic carbocycles. The Labute approximate surface area is 106 Å². The Bertz CT molecular complexity index is 422. The number of hydrogen-bond donors (Lipinski definition) is 2. The molecular weight excluding hydrogens is 232 g/mol. The van der Waals surface area contributed by atoms with E-state index in [9.17, 15) is 4.79 Å². The molecule has 98 valence electrons. The molecule has 1 amide bonds. The summed E-state index contributed by atoms with van der Waals surface area (Å²) >= 11 is 0. The number of carbonyl (C=O) groups excluding carboxylic acids is 1. The first kappa shape index (κ1) is 12.7. The summed E-state index contributed by atoms with van der Waals surface area (Å²) in [5, 5.41) is 2.76. The van der Waals surface area contributed by atoms with Crippen LogP contribution in [0.25, 0.3) is 0 Å². The zero-order chi connectivity index (χ0) is 13.0. The van der Waals surface area contributed by atoms with Crippen LogP contribution in [0.5, 0.6) is 11.5 Å². The highest BCUT2D eigenvalue weighted by molar-refractivity contribution is 5.81. The number of amides is 1. The Morgan fingerprint density at radius 3 is 2.94 bits per heavy atom. The summed E-state index contributed by atoms with van der Waals surface area (Å²) in [5.41, 5.74) is 5.62. The smallest absolute Gasteiger partial charge is 0.237 e. The van der Waals surface area contributed by atoms with Crippen LogP contribution in [0.4, 0.5) is 0 Å². The molecule has 0 saturated heterocycles. The van der Waals surface area contributed by atoms with Crippen molar-refractivity contribution in [2.24, 2.45) is 5.73 Å². The molecule has 0 saturated carbocycles. The van der Waals surface area contributed by atoms with Gasteiger partial charge in [-0.2, -0.15) is 0 Å². The summed E-state index contributed by atoms with van der Waals surface area (Å²) in [6.07, 6.45) is 0.448. The Hall–Kier alpha value is -1.75. The van der Waals surface area contributed by atoms with Gasteiger partial charge < -0.3 is 20.5 Å². The molecule has 1 heterocycles. The molecule has 0 aromatic heterocycles. The van der Waals surface area contributed by atoms with Crippen molar-refractivity contribution in [3.05, 3.63) is 24.3 Å². The van der Waals surface area contributed by atoms with Crippen LogP contribution in [0.3, 0.4) is 0 Å². The quantitative estimate of drug-likeness (QED) is 0.824. The number of nitrogens with one attached hydrogen (secondary N) is 1. The van der Waals surface area contributed by atoms with Gasteiger partial charge in [-0.05, 0) is 18.6 Å². The SMILES string of the molecule is CC[C@H](N)C(=O)NCC1COc2ccccc2O1. The molecule has 0 spiro atoms. The fourth-order valence-electron chi connectivity index (χ4n) is 1.69. The van der Waals surface area contributed by atoms with Crippen LogP contribution in [0.1, 0.15) is 13.3 Å². The van der Waals surface area contributed by atoms with E-state index in [1.54, 1.807) is 0 Å². The van der Waals surface area contributed by atoms with Crippen LogP contribution in [0, 0.1) is 0 Å². The van der Waals surface area contributed by atoms with Gasteiger partial charge in [-0.25, -0.2) is 0 Å². The van der Waals surface area contributed by atoms with Crippen LogP contribution in [0.15, 0.2) is 24.3 Å². The minimum atomic E-state index is -0.457. The highest BCUT2D eigenvalue weighted by Crippen LogP contribution is 2.30. The fraction of sp³-hybridized carbons (Fsp3) is 0.462. The largest absolute Gasteiger partial charge is 0.486 e. The zero-order valence-corrected chi connectivity index (χ0v) is 10.4. The summed E-state index contributed by atoms with van der Waals surface area (Å²) in [5.74, 6) is 1.30. The molecule has 1 aliphatic rings. The van der Waals surface area contributed by atoms with Gasteiger partial charge in [-0.1, -0.05) is 19.1 Å². The minimum Gasteiger partial charge on any atom is -0.486 e. The maximum absolute atomic E-state index is 11.5. The third-order valence-corrected chi connectivity index (χ3v) is 2.85. The number of rotatable bonds is 4.